The largest absolute Gasteiger partial charge is 0.399 e. The Morgan fingerprint density at radius 1 is 1.32 bits per heavy atom. The predicted octanol–water partition coefficient (Wildman–Crippen LogP) is 3.57. The van der Waals surface area contributed by atoms with E-state index in [-0.39, 0.29) is 5.91 Å². The molecule has 0 unspecified atom stereocenters. The quantitative estimate of drug-likeness (QED) is 0.842. The molecule has 2 rings (SSSR count). The molecule has 1 fully saturated rings. The van der Waals surface area contributed by atoms with Crippen molar-refractivity contribution in [2.24, 2.45) is 5.92 Å². The highest BCUT2D eigenvalue weighted by Crippen LogP contribution is 2.28. The second-order valence-corrected chi connectivity index (χ2v) is 5.98. The van der Waals surface area contributed by atoms with E-state index in [1.165, 1.54) is 12.8 Å². The first-order valence-corrected chi connectivity index (χ1v) is 7.19. The van der Waals surface area contributed by atoms with Gasteiger partial charge in [-0.2, -0.15) is 0 Å². The molecule has 19 heavy (non-hydrogen) atoms. The summed E-state index contributed by atoms with van der Waals surface area (Å²) in [5.74, 6) is 0.768. The van der Waals surface area contributed by atoms with Gasteiger partial charge in [0.2, 0.25) is 0 Å². The Labute approximate surface area is 119 Å². The molecule has 2 N–H and O–H groups in total. The minimum absolute atomic E-state index is 0.00967. The summed E-state index contributed by atoms with van der Waals surface area (Å²) in [6.07, 6.45) is 4.54. The van der Waals surface area contributed by atoms with E-state index < -0.39 is 0 Å². The minimum Gasteiger partial charge on any atom is -0.399 e. The first-order valence-electron chi connectivity index (χ1n) is 6.81. The van der Waals surface area contributed by atoms with Crippen LogP contribution in [-0.2, 0) is 0 Å². The SMILES string of the molecule is CC1CCC(N(C)C(=O)c2ccc(N)cc2Cl)CC1. The molecule has 0 heterocycles. The zero-order valence-corrected chi connectivity index (χ0v) is 12.3. The van der Waals surface area contributed by atoms with Gasteiger partial charge in [0.1, 0.15) is 0 Å². The number of rotatable bonds is 2. The topological polar surface area (TPSA) is 46.3 Å². The van der Waals surface area contributed by atoms with Crippen LogP contribution < -0.4 is 5.73 Å². The van der Waals surface area contributed by atoms with Crippen molar-refractivity contribution >= 4 is 23.2 Å². The summed E-state index contributed by atoms with van der Waals surface area (Å²) in [6, 6.07) is 5.39. The van der Waals surface area contributed by atoms with Crippen LogP contribution in [0.2, 0.25) is 5.02 Å². The van der Waals surface area contributed by atoms with Crippen molar-refractivity contribution in [3.63, 3.8) is 0 Å². The molecule has 1 saturated carbocycles. The Balaban J connectivity index is 2.10. The van der Waals surface area contributed by atoms with Crippen LogP contribution >= 0.6 is 11.6 Å². The lowest BCUT2D eigenvalue weighted by Crippen LogP contribution is -2.39. The van der Waals surface area contributed by atoms with Crippen LogP contribution in [0.5, 0.6) is 0 Å². The van der Waals surface area contributed by atoms with E-state index in [2.05, 4.69) is 6.92 Å². The third-order valence-electron chi connectivity index (χ3n) is 4.08. The van der Waals surface area contributed by atoms with E-state index in [0.717, 1.165) is 18.8 Å². The fourth-order valence-electron chi connectivity index (χ4n) is 2.69. The Morgan fingerprint density at radius 2 is 1.95 bits per heavy atom. The van der Waals surface area contributed by atoms with Crippen molar-refractivity contribution in [3.05, 3.63) is 28.8 Å². The molecule has 0 spiro atoms. The lowest BCUT2D eigenvalue weighted by Gasteiger charge is -2.33. The maximum Gasteiger partial charge on any atom is 0.255 e. The summed E-state index contributed by atoms with van der Waals surface area (Å²) >= 11 is 6.10. The number of amides is 1. The van der Waals surface area contributed by atoms with E-state index in [4.69, 9.17) is 17.3 Å². The number of nitrogens with zero attached hydrogens (tertiary/aromatic N) is 1. The predicted molar refractivity (Wildman–Crippen MR) is 79.4 cm³/mol. The molecular formula is C15H21ClN2O. The van der Waals surface area contributed by atoms with E-state index in [1.54, 1.807) is 18.2 Å². The first kappa shape index (κ1) is 14.2. The van der Waals surface area contributed by atoms with Gasteiger partial charge in [0.25, 0.3) is 5.91 Å². The van der Waals surface area contributed by atoms with Crippen LogP contribution in [0.4, 0.5) is 5.69 Å². The average molecular weight is 281 g/mol. The standard InChI is InChI=1S/C15H21ClN2O/c1-10-3-6-12(7-4-10)18(2)15(19)13-8-5-11(17)9-14(13)16/h5,8-10,12H,3-4,6-7,17H2,1-2H3. The number of nitrogens with two attached hydrogens (primary N) is 1. The van der Waals surface area contributed by atoms with Crippen LogP contribution in [0, 0.1) is 5.92 Å². The van der Waals surface area contributed by atoms with Gasteiger partial charge in [-0.3, -0.25) is 4.79 Å². The second-order valence-electron chi connectivity index (χ2n) is 5.57. The molecule has 1 aliphatic rings. The number of nitrogen functional groups attached to an aromatic ring is 1. The number of anilines is 1. The Bertz CT molecular complexity index is 467. The van der Waals surface area contributed by atoms with E-state index in [0.29, 0.717) is 22.3 Å². The van der Waals surface area contributed by atoms with Crippen LogP contribution in [-0.4, -0.2) is 23.9 Å². The van der Waals surface area contributed by atoms with Gasteiger partial charge in [0, 0.05) is 18.8 Å². The van der Waals surface area contributed by atoms with Gasteiger partial charge in [-0.1, -0.05) is 18.5 Å². The van der Waals surface area contributed by atoms with E-state index >= 15 is 0 Å². The van der Waals surface area contributed by atoms with Crippen molar-refractivity contribution in [1.29, 1.82) is 0 Å². The normalized spacial score (nSPS) is 23.1. The lowest BCUT2D eigenvalue weighted by molar-refractivity contribution is 0.0680. The molecule has 0 bridgehead atoms. The highest BCUT2D eigenvalue weighted by molar-refractivity contribution is 6.34. The first-order chi connectivity index (χ1) is 8.99. The fourth-order valence-corrected chi connectivity index (χ4v) is 2.96. The van der Waals surface area contributed by atoms with Crippen molar-refractivity contribution < 1.29 is 4.79 Å². The molecule has 3 nitrogen and oxygen atoms in total. The van der Waals surface area contributed by atoms with Gasteiger partial charge in [-0.15, -0.1) is 0 Å². The van der Waals surface area contributed by atoms with Gasteiger partial charge in [-0.25, -0.2) is 0 Å². The molecule has 1 aliphatic carbocycles. The molecule has 0 aromatic heterocycles. The minimum atomic E-state index is -0.00967. The van der Waals surface area contributed by atoms with Crippen molar-refractivity contribution in [3.8, 4) is 0 Å². The Kier molecular flexibility index (Phi) is 4.35. The van der Waals surface area contributed by atoms with Gasteiger partial charge < -0.3 is 10.6 Å². The number of benzene rings is 1. The molecule has 104 valence electrons. The number of hydrogen-bond acceptors (Lipinski definition) is 2. The van der Waals surface area contributed by atoms with Crippen LogP contribution in [0.3, 0.4) is 0 Å². The summed E-state index contributed by atoms with van der Waals surface area (Å²) < 4.78 is 0. The van der Waals surface area contributed by atoms with Gasteiger partial charge in [0.15, 0.2) is 0 Å². The second kappa shape index (κ2) is 5.83. The number of hydrogen-bond donors (Lipinski definition) is 1. The molecule has 0 aliphatic heterocycles. The molecule has 0 atom stereocenters. The molecule has 0 saturated heterocycles. The monoisotopic (exact) mass is 280 g/mol. The summed E-state index contributed by atoms with van der Waals surface area (Å²) in [7, 11) is 1.87. The number of halogens is 1. The fraction of sp³-hybridized carbons (Fsp3) is 0.533. The Morgan fingerprint density at radius 3 is 2.53 bits per heavy atom. The van der Waals surface area contributed by atoms with Crippen molar-refractivity contribution in [2.75, 3.05) is 12.8 Å². The number of carbonyl (C=O) groups excluding carboxylic acids is 1. The molecule has 4 heteroatoms. The summed E-state index contributed by atoms with van der Waals surface area (Å²) in [4.78, 5) is 14.3. The van der Waals surface area contributed by atoms with Crippen LogP contribution in [0.25, 0.3) is 0 Å². The third kappa shape index (κ3) is 3.21. The number of carbonyl (C=O) groups is 1. The highest BCUT2D eigenvalue weighted by Gasteiger charge is 2.26. The van der Waals surface area contributed by atoms with Crippen molar-refractivity contribution in [2.45, 2.75) is 38.6 Å². The smallest absolute Gasteiger partial charge is 0.255 e. The van der Waals surface area contributed by atoms with E-state index in [9.17, 15) is 4.79 Å². The summed E-state index contributed by atoms with van der Waals surface area (Å²) in [6.45, 7) is 2.27. The van der Waals surface area contributed by atoms with Crippen molar-refractivity contribution in [1.82, 2.24) is 4.90 Å². The maximum atomic E-state index is 12.5. The maximum absolute atomic E-state index is 12.5. The van der Waals surface area contributed by atoms with Crippen LogP contribution in [0.15, 0.2) is 18.2 Å². The zero-order chi connectivity index (χ0) is 14.0. The average Bonchev–Trinajstić information content (AvgIpc) is 2.38. The highest BCUT2D eigenvalue weighted by atomic mass is 35.5. The zero-order valence-electron chi connectivity index (χ0n) is 11.5. The van der Waals surface area contributed by atoms with Crippen LogP contribution in [0.1, 0.15) is 43.0 Å². The summed E-state index contributed by atoms with van der Waals surface area (Å²) in [5, 5.41) is 0.432. The Hall–Kier alpha value is -1.22. The molecule has 0 radical (unpaired) electrons. The van der Waals surface area contributed by atoms with Gasteiger partial charge >= 0.3 is 0 Å². The van der Waals surface area contributed by atoms with E-state index in [1.807, 2.05) is 11.9 Å². The lowest BCUT2D eigenvalue weighted by atomic mass is 9.86. The molecule has 1 aromatic carbocycles. The molecule has 1 amide bonds. The summed E-state index contributed by atoms with van der Waals surface area (Å²) in [5.41, 5.74) is 6.77. The molecule has 1 aromatic rings. The third-order valence-corrected chi connectivity index (χ3v) is 4.39. The van der Waals surface area contributed by atoms with Gasteiger partial charge in [-0.05, 0) is 49.8 Å². The molecular weight excluding hydrogens is 260 g/mol. The van der Waals surface area contributed by atoms with Gasteiger partial charge in [0.05, 0.1) is 10.6 Å².